The first-order chi connectivity index (χ1) is 16.6. The number of amides is 2. The molecule has 2 amide bonds. The van der Waals surface area contributed by atoms with Gasteiger partial charge in [0.25, 0.3) is 0 Å². The van der Waals surface area contributed by atoms with Gasteiger partial charge in [0, 0.05) is 12.6 Å². The summed E-state index contributed by atoms with van der Waals surface area (Å²) in [7, 11) is -4.14. The molecule has 0 aliphatic carbocycles. The van der Waals surface area contributed by atoms with Crippen LogP contribution in [0.15, 0.2) is 48.5 Å². The molecular weight excluding hydrogens is 495 g/mol. The van der Waals surface area contributed by atoms with Crippen molar-refractivity contribution >= 4 is 27.5 Å². The lowest BCUT2D eigenvalue weighted by molar-refractivity contribution is -0.139. The summed E-state index contributed by atoms with van der Waals surface area (Å²) in [6, 6.07) is 9.88. The van der Waals surface area contributed by atoms with Crippen molar-refractivity contribution in [1.82, 2.24) is 10.2 Å². The molecule has 2 aromatic rings. The van der Waals surface area contributed by atoms with Gasteiger partial charge < -0.3 is 10.2 Å². The number of hydrogen-bond acceptors (Lipinski definition) is 4. The van der Waals surface area contributed by atoms with Gasteiger partial charge in [0.2, 0.25) is 21.8 Å². The van der Waals surface area contributed by atoms with Crippen LogP contribution >= 0.6 is 0 Å². The van der Waals surface area contributed by atoms with E-state index in [0.29, 0.717) is 16.8 Å². The zero-order chi connectivity index (χ0) is 27.3. The van der Waals surface area contributed by atoms with Gasteiger partial charge in [-0.25, -0.2) is 8.42 Å². The Morgan fingerprint density at radius 1 is 1.06 bits per heavy atom. The van der Waals surface area contributed by atoms with Gasteiger partial charge in [-0.2, -0.15) is 13.2 Å². The summed E-state index contributed by atoms with van der Waals surface area (Å²) in [5.74, 6) is -1.15. The Hall–Kier alpha value is -3.08. The van der Waals surface area contributed by atoms with Crippen molar-refractivity contribution in [2.75, 3.05) is 17.1 Å². The van der Waals surface area contributed by atoms with Gasteiger partial charge in [-0.05, 0) is 56.5 Å². The minimum Gasteiger partial charge on any atom is -0.352 e. The number of sulfonamides is 1. The standard InChI is InChI=1S/C25H32F3N3O4S/c1-6-18(3)29-24(33)19(4)30(15-20-11-8-7-10-17(20)2)23(32)16-31(36(5,34)35)22-13-9-12-21(14-22)25(26,27)28/h7-14,18-19H,6,15-16H2,1-5H3,(H,29,33)/t18-,19-/m0/s1. The number of nitrogens with one attached hydrogen (secondary N) is 1. The van der Waals surface area contributed by atoms with Gasteiger partial charge in [0.15, 0.2) is 0 Å². The highest BCUT2D eigenvalue weighted by Crippen LogP contribution is 2.32. The van der Waals surface area contributed by atoms with E-state index in [1.54, 1.807) is 12.1 Å². The number of carbonyl (C=O) groups is 2. The summed E-state index contributed by atoms with van der Waals surface area (Å²) in [5.41, 5.74) is 0.272. The molecule has 0 aliphatic rings. The van der Waals surface area contributed by atoms with E-state index in [2.05, 4.69) is 5.32 Å². The van der Waals surface area contributed by atoms with E-state index >= 15 is 0 Å². The summed E-state index contributed by atoms with van der Waals surface area (Å²) < 4.78 is 65.4. The normalized spacial score (nSPS) is 13.6. The molecule has 0 saturated heterocycles. The molecule has 0 unspecified atom stereocenters. The Morgan fingerprint density at radius 3 is 2.25 bits per heavy atom. The van der Waals surface area contributed by atoms with Crippen LogP contribution < -0.4 is 9.62 Å². The molecular formula is C25H32F3N3O4S. The van der Waals surface area contributed by atoms with E-state index < -0.39 is 46.2 Å². The zero-order valence-electron chi connectivity index (χ0n) is 21.0. The van der Waals surface area contributed by atoms with E-state index in [4.69, 9.17) is 0 Å². The minimum atomic E-state index is -4.69. The fourth-order valence-electron chi connectivity index (χ4n) is 3.47. The number of rotatable bonds is 10. The Bertz CT molecular complexity index is 1190. The summed E-state index contributed by atoms with van der Waals surface area (Å²) in [4.78, 5) is 27.6. The number of aryl methyl sites for hydroxylation is 1. The van der Waals surface area contributed by atoms with Crippen LogP contribution in [0.4, 0.5) is 18.9 Å². The van der Waals surface area contributed by atoms with E-state index in [-0.39, 0.29) is 18.3 Å². The third-order valence-corrected chi connectivity index (χ3v) is 7.05. The van der Waals surface area contributed by atoms with Gasteiger partial charge in [-0.3, -0.25) is 13.9 Å². The van der Waals surface area contributed by atoms with E-state index in [1.807, 2.05) is 32.9 Å². The maximum absolute atomic E-state index is 13.5. The molecule has 0 aliphatic heterocycles. The van der Waals surface area contributed by atoms with Crippen LogP contribution in [0.1, 0.15) is 43.9 Å². The van der Waals surface area contributed by atoms with Crippen LogP contribution in [0.3, 0.4) is 0 Å². The predicted molar refractivity (Wildman–Crippen MR) is 133 cm³/mol. The SMILES string of the molecule is CC[C@H](C)NC(=O)[C@H](C)N(Cc1ccccc1C)C(=O)CN(c1cccc(C(F)(F)F)c1)S(C)(=O)=O. The highest BCUT2D eigenvalue weighted by Gasteiger charge is 2.33. The molecule has 0 radical (unpaired) electrons. The van der Waals surface area contributed by atoms with Crippen molar-refractivity contribution in [2.24, 2.45) is 0 Å². The van der Waals surface area contributed by atoms with Crippen LogP contribution in [0.5, 0.6) is 0 Å². The molecule has 2 atom stereocenters. The first-order valence-corrected chi connectivity index (χ1v) is 13.3. The number of hydrogen-bond donors (Lipinski definition) is 1. The number of nitrogens with zero attached hydrogens (tertiary/aromatic N) is 2. The molecule has 2 aromatic carbocycles. The second kappa shape index (κ2) is 11.8. The summed E-state index contributed by atoms with van der Waals surface area (Å²) >= 11 is 0. The fourth-order valence-corrected chi connectivity index (χ4v) is 4.31. The molecule has 198 valence electrons. The smallest absolute Gasteiger partial charge is 0.352 e. The predicted octanol–water partition coefficient (Wildman–Crippen LogP) is 4.11. The topological polar surface area (TPSA) is 86.8 Å². The van der Waals surface area contributed by atoms with Gasteiger partial charge in [0.1, 0.15) is 12.6 Å². The van der Waals surface area contributed by atoms with Gasteiger partial charge >= 0.3 is 6.18 Å². The van der Waals surface area contributed by atoms with Crippen LogP contribution in [0.2, 0.25) is 0 Å². The lowest BCUT2D eigenvalue weighted by atomic mass is 10.1. The zero-order valence-corrected chi connectivity index (χ0v) is 21.8. The number of benzene rings is 2. The third kappa shape index (κ3) is 7.71. The van der Waals surface area contributed by atoms with Crippen LogP contribution in [-0.2, 0) is 32.3 Å². The highest BCUT2D eigenvalue weighted by molar-refractivity contribution is 7.92. The first-order valence-electron chi connectivity index (χ1n) is 11.4. The fraction of sp³-hybridized carbons (Fsp3) is 0.440. The van der Waals surface area contributed by atoms with Crippen LogP contribution in [0.25, 0.3) is 0 Å². The highest BCUT2D eigenvalue weighted by atomic mass is 32.2. The molecule has 11 heteroatoms. The van der Waals surface area contributed by atoms with E-state index in [0.717, 1.165) is 29.5 Å². The molecule has 36 heavy (non-hydrogen) atoms. The Labute approximate surface area is 210 Å². The lowest BCUT2D eigenvalue weighted by Crippen LogP contribution is -2.52. The third-order valence-electron chi connectivity index (χ3n) is 5.91. The molecule has 7 nitrogen and oxygen atoms in total. The Kier molecular flexibility index (Phi) is 9.53. The summed E-state index contributed by atoms with van der Waals surface area (Å²) in [6.07, 6.45) is -3.21. The van der Waals surface area contributed by atoms with Gasteiger partial charge in [-0.1, -0.05) is 37.3 Å². The monoisotopic (exact) mass is 527 g/mol. The van der Waals surface area contributed by atoms with Gasteiger partial charge in [-0.15, -0.1) is 0 Å². The number of halogens is 3. The van der Waals surface area contributed by atoms with Crippen molar-refractivity contribution in [3.8, 4) is 0 Å². The van der Waals surface area contributed by atoms with Crippen molar-refractivity contribution in [3.05, 3.63) is 65.2 Å². The maximum Gasteiger partial charge on any atom is 0.416 e. The van der Waals surface area contributed by atoms with Crippen LogP contribution in [-0.4, -0.2) is 50.0 Å². The van der Waals surface area contributed by atoms with Crippen molar-refractivity contribution < 1.29 is 31.2 Å². The van der Waals surface area contributed by atoms with E-state index in [1.165, 1.54) is 17.9 Å². The Balaban J connectivity index is 2.45. The molecule has 0 saturated carbocycles. The summed E-state index contributed by atoms with van der Waals surface area (Å²) in [6.45, 7) is 6.33. The molecule has 0 bridgehead atoms. The average molecular weight is 528 g/mol. The molecule has 0 spiro atoms. The van der Waals surface area contributed by atoms with Crippen LogP contribution in [0, 0.1) is 6.92 Å². The minimum absolute atomic E-state index is 0.0147. The summed E-state index contributed by atoms with van der Waals surface area (Å²) in [5, 5.41) is 2.81. The van der Waals surface area contributed by atoms with Crippen molar-refractivity contribution in [2.45, 2.75) is 58.9 Å². The van der Waals surface area contributed by atoms with Gasteiger partial charge in [0.05, 0.1) is 17.5 Å². The molecule has 0 aromatic heterocycles. The Morgan fingerprint density at radius 2 is 1.69 bits per heavy atom. The largest absolute Gasteiger partial charge is 0.416 e. The number of carbonyl (C=O) groups excluding carboxylic acids is 2. The number of alkyl halides is 3. The number of anilines is 1. The molecule has 0 heterocycles. The molecule has 0 fully saturated rings. The maximum atomic E-state index is 13.5. The van der Waals surface area contributed by atoms with Crippen molar-refractivity contribution in [3.63, 3.8) is 0 Å². The first kappa shape index (κ1) is 29.2. The van der Waals surface area contributed by atoms with Crippen molar-refractivity contribution in [1.29, 1.82) is 0 Å². The molecule has 2 rings (SSSR count). The average Bonchev–Trinajstić information content (AvgIpc) is 2.80. The quantitative estimate of drug-likeness (QED) is 0.504. The lowest BCUT2D eigenvalue weighted by Gasteiger charge is -2.32. The second-order valence-corrected chi connectivity index (χ2v) is 10.7. The second-order valence-electron chi connectivity index (χ2n) is 8.76. The molecule has 1 N–H and O–H groups in total. The van der Waals surface area contributed by atoms with E-state index in [9.17, 15) is 31.2 Å².